The van der Waals surface area contributed by atoms with Gasteiger partial charge in [-0.15, -0.1) is 0 Å². The SMILES string of the molecule is CC(C)CCc1cc(Cc2ccc(N)c(CCC(C)C)c2)ccc1N. The maximum absolute atomic E-state index is 6.16. The monoisotopic (exact) mass is 338 g/mol. The second-order valence-electron chi connectivity index (χ2n) is 8.11. The zero-order chi connectivity index (χ0) is 18.4. The molecule has 2 nitrogen and oxygen atoms in total. The highest BCUT2D eigenvalue weighted by molar-refractivity contribution is 5.52. The highest BCUT2D eigenvalue weighted by Gasteiger charge is 2.07. The van der Waals surface area contributed by atoms with E-state index in [1.807, 2.05) is 0 Å². The molecule has 0 fully saturated rings. The van der Waals surface area contributed by atoms with Gasteiger partial charge in [-0.1, -0.05) is 52.0 Å². The number of rotatable bonds is 8. The van der Waals surface area contributed by atoms with E-state index in [0.29, 0.717) is 11.8 Å². The summed E-state index contributed by atoms with van der Waals surface area (Å²) in [6.07, 6.45) is 5.39. The van der Waals surface area contributed by atoms with E-state index in [1.54, 1.807) is 0 Å². The van der Waals surface area contributed by atoms with Gasteiger partial charge < -0.3 is 11.5 Å². The van der Waals surface area contributed by atoms with Crippen molar-refractivity contribution >= 4 is 11.4 Å². The van der Waals surface area contributed by atoms with Crippen molar-refractivity contribution in [3.05, 3.63) is 58.7 Å². The van der Waals surface area contributed by atoms with Crippen molar-refractivity contribution in [3.63, 3.8) is 0 Å². The standard InChI is InChI=1S/C23H34N2/c1-16(2)5-9-20-14-18(7-11-22(20)24)13-19-8-12-23(25)21(15-19)10-6-17(3)4/h7-8,11-12,14-17H,5-6,9-10,13,24-25H2,1-4H3. The molecule has 0 aliphatic rings. The minimum atomic E-state index is 0.698. The predicted octanol–water partition coefficient (Wildman–Crippen LogP) is 5.62. The number of nitrogen functional groups attached to an aromatic ring is 2. The third-order valence-corrected chi connectivity index (χ3v) is 4.81. The van der Waals surface area contributed by atoms with Crippen LogP contribution in [0.25, 0.3) is 0 Å². The van der Waals surface area contributed by atoms with Crippen LogP contribution in [0.1, 0.15) is 62.8 Å². The van der Waals surface area contributed by atoms with Gasteiger partial charge in [-0.3, -0.25) is 0 Å². The molecule has 0 saturated heterocycles. The van der Waals surface area contributed by atoms with Crippen LogP contribution < -0.4 is 11.5 Å². The molecule has 4 N–H and O–H groups in total. The minimum Gasteiger partial charge on any atom is -0.399 e. The molecular weight excluding hydrogens is 304 g/mol. The summed E-state index contributed by atoms with van der Waals surface area (Å²) in [7, 11) is 0. The van der Waals surface area contributed by atoms with Gasteiger partial charge in [0.1, 0.15) is 0 Å². The average molecular weight is 339 g/mol. The summed E-state index contributed by atoms with van der Waals surface area (Å²) < 4.78 is 0. The van der Waals surface area contributed by atoms with E-state index in [-0.39, 0.29) is 0 Å². The molecule has 0 bridgehead atoms. The van der Waals surface area contributed by atoms with Crippen LogP contribution in [0.15, 0.2) is 36.4 Å². The summed E-state index contributed by atoms with van der Waals surface area (Å²) in [6, 6.07) is 13.0. The lowest BCUT2D eigenvalue weighted by Crippen LogP contribution is -2.01. The fourth-order valence-electron chi connectivity index (χ4n) is 3.10. The summed E-state index contributed by atoms with van der Waals surface area (Å²) in [5, 5.41) is 0. The van der Waals surface area contributed by atoms with Gasteiger partial charge in [0.05, 0.1) is 0 Å². The van der Waals surface area contributed by atoms with Crippen LogP contribution in [-0.2, 0) is 19.3 Å². The predicted molar refractivity (Wildman–Crippen MR) is 111 cm³/mol. The Morgan fingerprint density at radius 2 is 1.08 bits per heavy atom. The Bertz CT molecular complexity index is 627. The third kappa shape index (κ3) is 6.12. The van der Waals surface area contributed by atoms with Crippen LogP contribution in [-0.4, -0.2) is 0 Å². The highest BCUT2D eigenvalue weighted by Crippen LogP contribution is 2.23. The summed E-state index contributed by atoms with van der Waals surface area (Å²) in [6.45, 7) is 9.03. The molecule has 0 radical (unpaired) electrons. The van der Waals surface area contributed by atoms with Crippen LogP contribution in [0.3, 0.4) is 0 Å². The second kappa shape index (κ2) is 8.94. The summed E-state index contributed by atoms with van der Waals surface area (Å²) >= 11 is 0. The normalized spacial score (nSPS) is 11.4. The van der Waals surface area contributed by atoms with Crippen LogP contribution >= 0.6 is 0 Å². The first-order valence-electron chi connectivity index (χ1n) is 9.59. The lowest BCUT2D eigenvalue weighted by Gasteiger charge is -2.12. The van der Waals surface area contributed by atoms with Crippen LogP contribution in [0.2, 0.25) is 0 Å². The molecule has 0 aromatic heterocycles. The molecule has 0 saturated carbocycles. The van der Waals surface area contributed by atoms with Crippen molar-refractivity contribution < 1.29 is 0 Å². The molecule has 0 unspecified atom stereocenters. The van der Waals surface area contributed by atoms with Gasteiger partial charge >= 0.3 is 0 Å². The van der Waals surface area contributed by atoms with E-state index in [2.05, 4.69) is 64.1 Å². The Labute approximate surface area is 153 Å². The molecule has 0 spiro atoms. The van der Waals surface area contributed by atoms with Crippen molar-refractivity contribution in [1.82, 2.24) is 0 Å². The van der Waals surface area contributed by atoms with Gasteiger partial charge in [-0.2, -0.15) is 0 Å². The van der Waals surface area contributed by atoms with E-state index in [9.17, 15) is 0 Å². The van der Waals surface area contributed by atoms with Crippen molar-refractivity contribution in [3.8, 4) is 0 Å². The molecule has 0 heterocycles. The van der Waals surface area contributed by atoms with Gasteiger partial charge in [0.25, 0.3) is 0 Å². The number of benzene rings is 2. The second-order valence-corrected chi connectivity index (χ2v) is 8.11. The molecule has 0 aliphatic heterocycles. The lowest BCUT2D eigenvalue weighted by molar-refractivity contribution is 0.587. The fraction of sp³-hybridized carbons (Fsp3) is 0.478. The topological polar surface area (TPSA) is 52.0 Å². The van der Waals surface area contributed by atoms with Crippen LogP contribution in [0, 0.1) is 11.8 Å². The largest absolute Gasteiger partial charge is 0.399 e. The molecule has 2 heteroatoms. The van der Waals surface area contributed by atoms with Gasteiger partial charge in [0, 0.05) is 11.4 Å². The summed E-state index contributed by atoms with van der Waals surface area (Å²) in [5.41, 5.74) is 19.4. The number of nitrogens with two attached hydrogens (primary N) is 2. The molecule has 136 valence electrons. The maximum atomic E-state index is 6.16. The Hall–Kier alpha value is -1.96. The summed E-state index contributed by atoms with van der Waals surface area (Å²) in [5.74, 6) is 1.40. The van der Waals surface area contributed by atoms with E-state index < -0.39 is 0 Å². The van der Waals surface area contributed by atoms with E-state index in [0.717, 1.165) is 30.6 Å². The van der Waals surface area contributed by atoms with Gasteiger partial charge in [0.15, 0.2) is 0 Å². The number of hydrogen-bond donors (Lipinski definition) is 2. The van der Waals surface area contributed by atoms with Crippen LogP contribution in [0.4, 0.5) is 11.4 Å². The molecule has 2 aromatic carbocycles. The maximum Gasteiger partial charge on any atom is 0.0346 e. The van der Waals surface area contributed by atoms with Gasteiger partial charge in [-0.05, 0) is 78.3 Å². The van der Waals surface area contributed by atoms with Crippen molar-refractivity contribution in [2.45, 2.75) is 59.8 Å². The Balaban J connectivity index is 2.13. The number of anilines is 2. The molecule has 0 amide bonds. The Morgan fingerprint density at radius 1 is 0.680 bits per heavy atom. The smallest absolute Gasteiger partial charge is 0.0346 e. The lowest BCUT2D eigenvalue weighted by atomic mass is 9.95. The number of hydrogen-bond acceptors (Lipinski definition) is 2. The molecular formula is C23H34N2. The van der Waals surface area contributed by atoms with Crippen LogP contribution in [0.5, 0.6) is 0 Å². The minimum absolute atomic E-state index is 0.698. The summed E-state index contributed by atoms with van der Waals surface area (Å²) in [4.78, 5) is 0. The first kappa shape index (κ1) is 19.4. The van der Waals surface area contributed by atoms with E-state index in [4.69, 9.17) is 11.5 Å². The molecule has 0 atom stereocenters. The van der Waals surface area contributed by atoms with Gasteiger partial charge in [-0.25, -0.2) is 0 Å². The van der Waals surface area contributed by atoms with E-state index >= 15 is 0 Å². The molecule has 25 heavy (non-hydrogen) atoms. The van der Waals surface area contributed by atoms with Crippen molar-refractivity contribution in [2.75, 3.05) is 11.5 Å². The highest BCUT2D eigenvalue weighted by atomic mass is 14.6. The van der Waals surface area contributed by atoms with Gasteiger partial charge in [0.2, 0.25) is 0 Å². The molecule has 2 aromatic rings. The molecule has 0 aliphatic carbocycles. The first-order valence-corrected chi connectivity index (χ1v) is 9.59. The Morgan fingerprint density at radius 3 is 1.44 bits per heavy atom. The third-order valence-electron chi connectivity index (χ3n) is 4.81. The fourth-order valence-corrected chi connectivity index (χ4v) is 3.10. The van der Waals surface area contributed by atoms with Crippen molar-refractivity contribution in [2.24, 2.45) is 11.8 Å². The Kier molecular flexibility index (Phi) is 6.92. The zero-order valence-corrected chi connectivity index (χ0v) is 16.3. The quantitative estimate of drug-likeness (QED) is 0.614. The average Bonchev–Trinajstić information content (AvgIpc) is 2.55. The molecule has 2 rings (SSSR count). The van der Waals surface area contributed by atoms with E-state index in [1.165, 1.54) is 35.1 Å². The van der Waals surface area contributed by atoms with Crippen molar-refractivity contribution in [1.29, 1.82) is 0 Å². The number of aryl methyl sites for hydroxylation is 2. The zero-order valence-electron chi connectivity index (χ0n) is 16.3. The first-order chi connectivity index (χ1) is 11.8.